The van der Waals surface area contributed by atoms with Gasteiger partial charge in [-0.2, -0.15) is 0 Å². The Labute approximate surface area is 187 Å². The molecule has 1 aliphatic carbocycles. The molecule has 0 amide bonds. The molecule has 5 rings (SSSR count). The second-order valence-corrected chi connectivity index (χ2v) is 8.73. The first-order valence-corrected chi connectivity index (χ1v) is 11.3. The largest absolute Gasteiger partial charge is 0.493 e. The molecule has 32 heavy (non-hydrogen) atoms. The maximum absolute atomic E-state index is 12.3. The third-order valence-electron chi connectivity index (χ3n) is 6.81. The predicted octanol–water partition coefficient (Wildman–Crippen LogP) is 4.90. The molecule has 1 aliphatic heterocycles. The Morgan fingerprint density at radius 3 is 2.69 bits per heavy atom. The van der Waals surface area contributed by atoms with Gasteiger partial charge in [0.05, 0.1) is 32.0 Å². The van der Waals surface area contributed by atoms with Crippen LogP contribution in [0.2, 0.25) is 0 Å². The number of hydrogen-bond acceptors (Lipinski definition) is 5. The van der Waals surface area contributed by atoms with E-state index in [-0.39, 0.29) is 12.6 Å². The summed E-state index contributed by atoms with van der Waals surface area (Å²) in [5.41, 5.74) is 4.75. The zero-order valence-electron chi connectivity index (χ0n) is 18.6. The average molecular weight is 436 g/mol. The van der Waals surface area contributed by atoms with Gasteiger partial charge < -0.3 is 23.9 Å². The molecule has 0 unspecified atom stereocenters. The molecule has 1 saturated carbocycles. The molecule has 6 heteroatoms. The predicted molar refractivity (Wildman–Crippen MR) is 123 cm³/mol. The molecular weight excluding hydrogens is 406 g/mol. The highest BCUT2D eigenvalue weighted by atomic mass is 16.5. The summed E-state index contributed by atoms with van der Waals surface area (Å²) in [5, 5.41) is 11.9. The summed E-state index contributed by atoms with van der Waals surface area (Å²) in [5.74, 6) is 1.36. The molecule has 1 atom stereocenters. The van der Waals surface area contributed by atoms with Gasteiger partial charge in [0, 0.05) is 16.5 Å². The summed E-state index contributed by atoms with van der Waals surface area (Å²) in [6, 6.07) is 11.7. The number of esters is 1. The number of para-hydroxylation sites is 1. The highest BCUT2D eigenvalue weighted by Gasteiger charge is 2.31. The smallest absolute Gasteiger partial charge is 0.337 e. The molecule has 1 N–H and O–H groups in total. The highest BCUT2D eigenvalue weighted by Crippen LogP contribution is 2.48. The van der Waals surface area contributed by atoms with Crippen molar-refractivity contribution >= 4 is 16.9 Å². The Morgan fingerprint density at radius 1 is 1.12 bits per heavy atom. The van der Waals surface area contributed by atoms with Crippen molar-refractivity contribution < 1.29 is 24.1 Å². The fourth-order valence-electron chi connectivity index (χ4n) is 5.36. The third-order valence-corrected chi connectivity index (χ3v) is 6.81. The van der Waals surface area contributed by atoms with Gasteiger partial charge in [0.2, 0.25) is 0 Å². The van der Waals surface area contributed by atoms with E-state index in [1.807, 2.05) is 30.3 Å². The van der Waals surface area contributed by atoms with E-state index in [2.05, 4.69) is 10.6 Å². The lowest BCUT2D eigenvalue weighted by molar-refractivity contribution is 0.0601. The Hall–Kier alpha value is -2.99. The Bertz CT molecular complexity index is 1160. The van der Waals surface area contributed by atoms with E-state index in [1.165, 1.54) is 31.9 Å². The van der Waals surface area contributed by atoms with Crippen molar-refractivity contribution in [1.82, 2.24) is 4.57 Å². The molecule has 3 aromatic rings. The molecule has 168 valence electrons. The minimum absolute atomic E-state index is 0.169. The van der Waals surface area contributed by atoms with Gasteiger partial charge in [-0.1, -0.05) is 31.4 Å². The molecule has 2 heterocycles. The van der Waals surface area contributed by atoms with E-state index in [0.29, 0.717) is 29.5 Å². The number of aliphatic hydroxyl groups is 1. The standard InChI is InChI=1S/C26H29NO5/c1-30-22-10-6-9-20-24-23(16-7-4-3-5-8-16)19-12-11-17(26(29)31-2)13-21(19)27(24)14-18(28)15-32-25(20)22/h6,9-13,16,18,28H,3-5,7-8,14-15H2,1-2H3/t18-/m0/s1. The van der Waals surface area contributed by atoms with Crippen LogP contribution < -0.4 is 9.47 Å². The molecule has 0 bridgehead atoms. The zero-order valence-corrected chi connectivity index (χ0v) is 18.6. The molecular formula is C26H29NO5. The topological polar surface area (TPSA) is 69.9 Å². The fourth-order valence-corrected chi connectivity index (χ4v) is 5.36. The summed E-state index contributed by atoms with van der Waals surface area (Å²) in [6.45, 7) is 0.557. The van der Waals surface area contributed by atoms with Crippen LogP contribution in [0.3, 0.4) is 0 Å². The van der Waals surface area contributed by atoms with Crippen molar-refractivity contribution in [2.24, 2.45) is 0 Å². The van der Waals surface area contributed by atoms with Crippen LogP contribution in [-0.2, 0) is 11.3 Å². The molecule has 0 radical (unpaired) electrons. The number of hydrogen-bond donors (Lipinski definition) is 1. The SMILES string of the molecule is COC(=O)c1ccc2c(C3CCCCC3)c3n(c2c1)C[C@H](O)COc1c(OC)cccc1-3. The summed E-state index contributed by atoms with van der Waals surface area (Å²) in [4.78, 5) is 12.3. The van der Waals surface area contributed by atoms with Gasteiger partial charge in [-0.25, -0.2) is 4.79 Å². The molecule has 1 aromatic heterocycles. The van der Waals surface area contributed by atoms with Crippen LogP contribution in [0.25, 0.3) is 22.2 Å². The lowest BCUT2D eigenvalue weighted by Crippen LogP contribution is -2.26. The first-order valence-electron chi connectivity index (χ1n) is 11.3. The summed E-state index contributed by atoms with van der Waals surface area (Å²) in [6.07, 6.45) is 5.26. The van der Waals surface area contributed by atoms with Crippen LogP contribution in [-0.4, -0.2) is 42.6 Å². The average Bonchev–Trinajstić information content (AvgIpc) is 3.14. The van der Waals surface area contributed by atoms with Crippen LogP contribution in [0.5, 0.6) is 11.5 Å². The van der Waals surface area contributed by atoms with Gasteiger partial charge in [0.25, 0.3) is 0 Å². The zero-order chi connectivity index (χ0) is 22.2. The van der Waals surface area contributed by atoms with Crippen LogP contribution in [0, 0.1) is 0 Å². The quantitative estimate of drug-likeness (QED) is 0.593. The minimum atomic E-state index is -0.691. The molecule has 2 aliphatic rings. The van der Waals surface area contributed by atoms with Crippen molar-refractivity contribution in [1.29, 1.82) is 0 Å². The van der Waals surface area contributed by atoms with Crippen LogP contribution in [0.15, 0.2) is 36.4 Å². The number of carbonyl (C=O) groups excluding carboxylic acids is 1. The van der Waals surface area contributed by atoms with Crippen molar-refractivity contribution in [3.8, 4) is 22.8 Å². The van der Waals surface area contributed by atoms with E-state index >= 15 is 0 Å². The number of nitrogens with zero attached hydrogens (tertiary/aromatic N) is 1. The van der Waals surface area contributed by atoms with Crippen LogP contribution in [0.4, 0.5) is 0 Å². The van der Waals surface area contributed by atoms with Crippen molar-refractivity contribution in [3.05, 3.63) is 47.5 Å². The maximum Gasteiger partial charge on any atom is 0.337 e. The van der Waals surface area contributed by atoms with Crippen molar-refractivity contribution in [2.45, 2.75) is 50.7 Å². The number of aliphatic hydroxyl groups excluding tert-OH is 1. The second kappa shape index (κ2) is 8.51. The summed E-state index contributed by atoms with van der Waals surface area (Å²) in [7, 11) is 3.03. The third kappa shape index (κ3) is 3.43. The summed E-state index contributed by atoms with van der Waals surface area (Å²) < 4.78 is 18.8. The molecule has 6 nitrogen and oxygen atoms in total. The number of rotatable bonds is 3. The Balaban J connectivity index is 1.85. The highest BCUT2D eigenvalue weighted by molar-refractivity contribution is 5.99. The lowest BCUT2D eigenvalue weighted by Gasteiger charge is -2.27. The van der Waals surface area contributed by atoms with Crippen LogP contribution in [0.1, 0.15) is 53.9 Å². The molecule has 1 fully saturated rings. The van der Waals surface area contributed by atoms with Gasteiger partial charge in [0.1, 0.15) is 12.7 Å². The van der Waals surface area contributed by atoms with Gasteiger partial charge in [-0.3, -0.25) is 0 Å². The van der Waals surface area contributed by atoms with E-state index in [4.69, 9.17) is 14.2 Å². The lowest BCUT2D eigenvalue weighted by atomic mass is 9.81. The van der Waals surface area contributed by atoms with Gasteiger partial charge >= 0.3 is 5.97 Å². The molecule has 2 aromatic carbocycles. The number of methoxy groups -OCH3 is 2. The second-order valence-electron chi connectivity index (χ2n) is 8.73. The van der Waals surface area contributed by atoms with Gasteiger partial charge in [-0.05, 0) is 48.6 Å². The van der Waals surface area contributed by atoms with E-state index in [0.717, 1.165) is 35.0 Å². The monoisotopic (exact) mass is 435 g/mol. The van der Waals surface area contributed by atoms with Gasteiger partial charge in [-0.15, -0.1) is 0 Å². The van der Waals surface area contributed by atoms with E-state index < -0.39 is 6.10 Å². The first-order chi connectivity index (χ1) is 15.6. The number of aromatic nitrogens is 1. The van der Waals surface area contributed by atoms with E-state index in [9.17, 15) is 9.90 Å². The Morgan fingerprint density at radius 2 is 1.94 bits per heavy atom. The van der Waals surface area contributed by atoms with E-state index in [1.54, 1.807) is 7.11 Å². The Kier molecular flexibility index (Phi) is 5.55. The van der Waals surface area contributed by atoms with Gasteiger partial charge in [0.15, 0.2) is 11.5 Å². The number of fused-ring (bicyclic) bond motifs is 5. The van der Waals surface area contributed by atoms with Crippen molar-refractivity contribution in [3.63, 3.8) is 0 Å². The maximum atomic E-state index is 12.3. The molecule has 0 spiro atoms. The van der Waals surface area contributed by atoms with Crippen molar-refractivity contribution in [2.75, 3.05) is 20.8 Å². The van der Waals surface area contributed by atoms with Crippen LogP contribution >= 0.6 is 0 Å². The fraction of sp³-hybridized carbons (Fsp3) is 0.423. The minimum Gasteiger partial charge on any atom is -0.493 e. The number of benzene rings is 2. The number of carbonyl (C=O) groups is 1. The number of ether oxygens (including phenoxy) is 3. The first kappa shape index (κ1) is 20.9. The normalized spacial score (nSPS) is 18.8. The molecule has 0 saturated heterocycles. The summed E-state index contributed by atoms with van der Waals surface area (Å²) >= 11 is 0.